The largest absolute Gasteiger partial charge is 0.328 e. The number of nitrogens with zero attached hydrogens (tertiary/aromatic N) is 4. The van der Waals surface area contributed by atoms with Crippen LogP contribution in [0, 0.1) is 5.82 Å². The second kappa shape index (κ2) is 9.48. The fraction of sp³-hybridized carbons (Fsp3) is 0.120. The van der Waals surface area contributed by atoms with Crippen LogP contribution in [0.1, 0.15) is 24.2 Å². The molecule has 1 amide bonds. The van der Waals surface area contributed by atoms with Crippen molar-refractivity contribution in [3.63, 3.8) is 0 Å². The molecule has 7 nitrogen and oxygen atoms in total. The lowest BCUT2D eigenvalue weighted by Gasteiger charge is -2.27. The van der Waals surface area contributed by atoms with Gasteiger partial charge in [-0.05, 0) is 42.8 Å². The quantitative estimate of drug-likeness (QED) is 0.383. The zero-order valence-electron chi connectivity index (χ0n) is 18.3. The van der Waals surface area contributed by atoms with Gasteiger partial charge in [-0.1, -0.05) is 54.2 Å². The van der Waals surface area contributed by atoms with Crippen molar-refractivity contribution in [2.75, 3.05) is 10.6 Å². The number of allylic oxidation sites excluding steroid dienone is 1. The number of aromatic nitrogens is 4. The van der Waals surface area contributed by atoms with Crippen molar-refractivity contribution < 1.29 is 9.18 Å². The first-order valence-electron chi connectivity index (χ1n) is 10.7. The van der Waals surface area contributed by atoms with Crippen LogP contribution in [-0.4, -0.2) is 25.7 Å². The first-order chi connectivity index (χ1) is 16.6. The van der Waals surface area contributed by atoms with Gasteiger partial charge in [-0.2, -0.15) is 4.98 Å². The molecule has 0 aliphatic carbocycles. The second-order valence-electron chi connectivity index (χ2n) is 7.68. The third kappa shape index (κ3) is 4.42. The lowest BCUT2D eigenvalue weighted by Crippen LogP contribution is -2.32. The molecule has 2 aromatic carbocycles. The highest BCUT2D eigenvalue weighted by Crippen LogP contribution is 2.36. The average Bonchev–Trinajstić information content (AvgIpc) is 3.26. The van der Waals surface area contributed by atoms with E-state index in [-0.39, 0.29) is 11.7 Å². The molecule has 34 heavy (non-hydrogen) atoms. The van der Waals surface area contributed by atoms with E-state index in [1.807, 2.05) is 55.5 Å². The molecule has 1 aliphatic heterocycles. The van der Waals surface area contributed by atoms with E-state index >= 15 is 0 Å². The van der Waals surface area contributed by atoms with E-state index in [1.54, 1.807) is 29.1 Å². The maximum absolute atomic E-state index is 14.0. The molecule has 0 saturated heterocycles. The van der Waals surface area contributed by atoms with Gasteiger partial charge in [-0.15, -0.1) is 5.10 Å². The summed E-state index contributed by atoms with van der Waals surface area (Å²) in [6.07, 6.45) is 1.68. The van der Waals surface area contributed by atoms with Gasteiger partial charge in [-0.3, -0.25) is 9.78 Å². The van der Waals surface area contributed by atoms with E-state index < -0.39 is 6.04 Å². The zero-order valence-corrected chi connectivity index (χ0v) is 19.1. The van der Waals surface area contributed by atoms with E-state index in [9.17, 15) is 9.18 Å². The number of halogens is 1. The van der Waals surface area contributed by atoms with E-state index in [1.165, 1.54) is 17.8 Å². The molecule has 1 aliphatic rings. The van der Waals surface area contributed by atoms with Crippen LogP contribution in [0.4, 0.5) is 16.0 Å². The molecule has 2 aromatic heterocycles. The number of hydrogen-bond donors (Lipinski definition) is 2. The summed E-state index contributed by atoms with van der Waals surface area (Å²) in [5.74, 6) is 0.368. The summed E-state index contributed by atoms with van der Waals surface area (Å²) in [7, 11) is 0. The highest BCUT2D eigenvalue weighted by Gasteiger charge is 2.35. The van der Waals surface area contributed by atoms with E-state index in [0.29, 0.717) is 45.1 Å². The number of fused-ring (bicyclic) bond motifs is 1. The van der Waals surface area contributed by atoms with Crippen LogP contribution in [0.25, 0.3) is 0 Å². The van der Waals surface area contributed by atoms with Crippen molar-refractivity contribution in [3.8, 4) is 0 Å². The molecule has 5 rings (SSSR count). The minimum absolute atomic E-state index is 0.256. The van der Waals surface area contributed by atoms with Gasteiger partial charge in [0.1, 0.15) is 11.9 Å². The van der Waals surface area contributed by atoms with Gasteiger partial charge in [0.25, 0.3) is 5.91 Å². The van der Waals surface area contributed by atoms with Gasteiger partial charge < -0.3 is 10.6 Å². The van der Waals surface area contributed by atoms with Crippen molar-refractivity contribution in [3.05, 3.63) is 107 Å². The summed E-state index contributed by atoms with van der Waals surface area (Å²) >= 11 is 1.33. The fourth-order valence-corrected chi connectivity index (χ4v) is 4.59. The Balaban J connectivity index is 1.48. The van der Waals surface area contributed by atoms with Gasteiger partial charge in [0, 0.05) is 23.3 Å². The Morgan fingerprint density at radius 1 is 1.09 bits per heavy atom. The SMILES string of the molecule is CC1=C(C(=O)Nc2ccccc2)[C@H](c2ccccn2)n2nc(SCc3ccccc3F)nc2N1. The van der Waals surface area contributed by atoms with E-state index in [0.717, 1.165) is 0 Å². The number of hydrogen-bond acceptors (Lipinski definition) is 6. The van der Waals surface area contributed by atoms with E-state index in [2.05, 4.69) is 25.7 Å². The van der Waals surface area contributed by atoms with Gasteiger partial charge >= 0.3 is 0 Å². The second-order valence-corrected chi connectivity index (χ2v) is 8.63. The molecule has 0 saturated carbocycles. The van der Waals surface area contributed by atoms with Gasteiger partial charge in [0.15, 0.2) is 0 Å². The zero-order chi connectivity index (χ0) is 23.5. The number of amides is 1. The Kier molecular flexibility index (Phi) is 6.09. The summed E-state index contributed by atoms with van der Waals surface area (Å²) in [5, 5.41) is 11.3. The van der Waals surface area contributed by atoms with Gasteiger partial charge in [0.2, 0.25) is 11.1 Å². The summed E-state index contributed by atoms with van der Waals surface area (Å²) < 4.78 is 15.7. The summed E-state index contributed by atoms with van der Waals surface area (Å²) in [4.78, 5) is 22.5. The molecule has 1 atom stereocenters. The first kappa shape index (κ1) is 21.8. The molecule has 0 fully saturated rings. The Morgan fingerprint density at radius 3 is 2.62 bits per heavy atom. The third-order valence-electron chi connectivity index (χ3n) is 5.39. The average molecular weight is 473 g/mol. The predicted molar refractivity (Wildman–Crippen MR) is 130 cm³/mol. The van der Waals surface area contributed by atoms with Crippen molar-refractivity contribution in [1.82, 2.24) is 19.7 Å². The monoisotopic (exact) mass is 472 g/mol. The molecular weight excluding hydrogens is 451 g/mol. The molecule has 3 heterocycles. The number of thioether (sulfide) groups is 1. The molecular formula is C25H21FN6OS. The van der Waals surface area contributed by atoms with Crippen LogP contribution in [0.15, 0.2) is 95.4 Å². The molecule has 9 heteroatoms. The van der Waals surface area contributed by atoms with E-state index in [4.69, 9.17) is 0 Å². The van der Waals surface area contributed by atoms with Crippen LogP contribution in [-0.2, 0) is 10.5 Å². The Labute approximate surface area is 200 Å². The number of carbonyl (C=O) groups is 1. The lowest BCUT2D eigenvalue weighted by atomic mass is 9.98. The Morgan fingerprint density at radius 2 is 1.85 bits per heavy atom. The molecule has 0 bridgehead atoms. The van der Waals surface area contributed by atoms with Crippen molar-refractivity contribution >= 4 is 29.3 Å². The van der Waals surface area contributed by atoms with Crippen LogP contribution < -0.4 is 10.6 Å². The topological polar surface area (TPSA) is 84.7 Å². The molecule has 0 radical (unpaired) electrons. The molecule has 2 N–H and O–H groups in total. The molecule has 0 unspecified atom stereocenters. The number of para-hydroxylation sites is 1. The number of carbonyl (C=O) groups excluding carboxylic acids is 1. The third-order valence-corrected chi connectivity index (χ3v) is 6.28. The molecule has 4 aromatic rings. The van der Waals surface area contributed by atoms with Gasteiger partial charge in [-0.25, -0.2) is 9.07 Å². The Hall–Kier alpha value is -3.98. The standard InChI is InChI=1S/C25H21FN6OS/c1-16-21(23(33)29-18-10-3-2-4-11-18)22(20-13-7-8-14-27-20)32-24(28-16)30-25(31-32)34-15-17-9-5-6-12-19(17)26/h2-14,22H,15H2,1H3,(H,29,33)(H,28,30,31)/t22-/m0/s1. The Bertz CT molecular complexity index is 1360. The number of nitrogens with one attached hydrogen (secondary N) is 2. The van der Waals surface area contributed by atoms with Crippen molar-refractivity contribution in [2.24, 2.45) is 0 Å². The van der Waals surface area contributed by atoms with Crippen LogP contribution >= 0.6 is 11.8 Å². The van der Waals surface area contributed by atoms with Crippen LogP contribution in [0.2, 0.25) is 0 Å². The summed E-state index contributed by atoms with van der Waals surface area (Å²) in [5.41, 5.74) is 3.09. The summed E-state index contributed by atoms with van der Waals surface area (Å²) in [6, 6.07) is 20.9. The first-order valence-corrected chi connectivity index (χ1v) is 11.7. The van der Waals surface area contributed by atoms with Gasteiger partial charge in [0.05, 0.1) is 11.3 Å². The molecule has 0 spiro atoms. The highest BCUT2D eigenvalue weighted by atomic mass is 32.2. The number of anilines is 2. The normalized spacial score (nSPS) is 14.9. The molecule has 170 valence electrons. The lowest BCUT2D eigenvalue weighted by molar-refractivity contribution is -0.113. The number of rotatable bonds is 6. The predicted octanol–water partition coefficient (Wildman–Crippen LogP) is 5.03. The maximum atomic E-state index is 14.0. The van der Waals surface area contributed by atoms with Crippen LogP contribution in [0.3, 0.4) is 0 Å². The minimum atomic E-state index is -0.573. The smallest absolute Gasteiger partial charge is 0.255 e. The van der Waals surface area contributed by atoms with Crippen LogP contribution in [0.5, 0.6) is 0 Å². The number of benzene rings is 2. The minimum Gasteiger partial charge on any atom is -0.328 e. The highest BCUT2D eigenvalue weighted by molar-refractivity contribution is 7.98. The van der Waals surface area contributed by atoms with Crippen molar-refractivity contribution in [2.45, 2.75) is 23.9 Å². The maximum Gasteiger partial charge on any atom is 0.255 e. The number of pyridine rings is 1. The fourth-order valence-electron chi connectivity index (χ4n) is 3.78. The van der Waals surface area contributed by atoms with Crippen molar-refractivity contribution in [1.29, 1.82) is 0 Å². The summed E-state index contributed by atoms with van der Waals surface area (Å²) in [6.45, 7) is 1.83.